The van der Waals surface area contributed by atoms with Gasteiger partial charge in [-0.15, -0.1) is 0 Å². The van der Waals surface area contributed by atoms with Crippen LogP contribution in [0.25, 0.3) is 0 Å². The van der Waals surface area contributed by atoms with Crippen LogP contribution in [0.5, 0.6) is 0 Å². The van der Waals surface area contributed by atoms with Gasteiger partial charge in [0.05, 0.1) is 7.11 Å². The summed E-state index contributed by atoms with van der Waals surface area (Å²) in [7, 11) is 1.32. The zero-order valence-electron chi connectivity index (χ0n) is 9.40. The summed E-state index contributed by atoms with van der Waals surface area (Å²) in [5.41, 5.74) is 1.75. The Hall–Kier alpha value is -1.84. The molecule has 1 atom stereocenters. The fraction of sp³-hybridized carbons (Fsp3) is 0.333. The first kappa shape index (κ1) is 12.2. The molecule has 0 aromatic heterocycles. The van der Waals surface area contributed by atoms with Crippen molar-refractivity contribution in [3.05, 3.63) is 29.8 Å². The van der Waals surface area contributed by atoms with Gasteiger partial charge < -0.3 is 9.53 Å². The average Bonchev–Trinajstić information content (AvgIpc) is 2.30. The molecular formula is C12H15NO3. The van der Waals surface area contributed by atoms with E-state index >= 15 is 0 Å². The third-order valence-corrected chi connectivity index (χ3v) is 2.36. The van der Waals surface area contributed by atoms with Crippen molar-refractivity contribution in [2.24, 2.45) is 0 Å². The topological polar surface area (TPSA) is 55.4 Å². The minimum Gasteiger partial charge on any atom is -0.453 e. The predicted molar refractivity (Wildman–Crippen MR) is 61.6 cm³/mol. The number of benzene rings is 1. The van der Waals surface area contributed by atoms with Crippen molar-refractivity contribution < 1.29 is 14.3 Å². The monoisotopic (exact) mass is 221 g/mol. The highest BCUT2D eigenvalue weighted by atomic mass is 16.5. The van der Waals surface area contributed by atoms with Crippen molar-refractivity contribution in [1.29, 1.82) is 0 Å². The Balaban J connectivity index is 2.67. The molecule has 4 heteroatoms. The number of aldehydes is 1. The van der Waals surface area contributed by atoms with Gasteiger partial charge in [0.25, 0.3) is 0 Å². The first-order chi connectivity index (χ1) is 7.67. The molecule has 1 rings (SSSR count). The summed E-state index contributed by atoms with van der Waals surface area (Å²) in [6.07, 6.45) is 0.920. The lowest BCUT2D eigenvalue weighted by Gasteiger charge is -2.09. The van der Waals surface area contributed by atoms with Crippen molar-refractivity contribution >= 4 is 18.1 Å². The van der Waals surface area contributed by atoms with E-state index < -0.39 is 6.09 Å². The van der Waals surface area contributed by atoms with Crippen LogP contribution in [-0.2, 0) is 9.53 Å². The number of nitrogens with one attached hydrogen (secondary N) is 1. The molecule has 1 amide bonds. The summed E-state index contributed by atoms with van der Waals surface area (Å²) in [5, 5.41) is 2.56. The van der Waals surface area contributed by atoms with Crippen LogP contribution in [0.2, 0.25) is 0 Å². The predicted octanol–water partition coefficient (Wildman–Crippen LogP) is 2.56. The van der Waals surface area contributed by atoms with Crippen molar-refractivity contribution in [3.63, 3.8) is 0 Å². The van der Waals surface area contributed by atoms with Crippen LogP contribution < -0.4 is 5.32 Å². The number of carbonyl (C=O) groups is 2. The van der Waals surface area contributed by atoms with Gasteiger partial charge in [0, 0.05) is 12.1 Å². The lowest BCUT2D eigenvalue weighted by Crippen LogP contribution is -2.10. The lowest BCUT2D eigenvalue weighted by molar-refractivity contribution is -0.108. The molecule has 0 saturated heterocycles. The lowest BCUT2D eigenvalue weighted by atomic mass is 9.98. The van der Waals surface area contributed by atoms with Gasteiger partial charge in [-0.1, -0.05) is 19.1 Å². The van der Waals surface area contributed by atoms with E-state index in [4.69, 9.17) is 0 Å². The number of hydrogen-bond donors (Lipinski definition) is 1. The Morgan fingerprint density at radius 2 is 2.06 bits per heavy atom. The van der Waals surface area contributed by atoms with Gasteiger partial charge in [0.1, 0.15) is 6.29 Å². The summed E-state index contributed by atoms with van der Waals surface area (Å²) in [6.45, 7) is 1.98. The van der Waals surface area contributed by atoms with E-state index in [1.165, 1.54) is 7.11 Å². The molecular weight excluding hydrogens is 206 g/mol. The second-order valence-electron chi connectivity index (χ2n) is 3.54. The van der Waals surface area contributed by atoms with Crippen LogP contribution in [0.1, 0.15) is 24.8 Å². The normalized spacial score (nSPS) is 11.6. The molecule has 0 spiro atoms. The van der Waals surface area contributed by atoms with E-state index in [1.807, 2.05) is 19.1 Å². The van der Waals surface area contributed by atoms with Gasteiger partial charge in [0.15, 0.2) is 0 Å². The fourth-order valence-corrected chi connectivity index (χ4v) is 1.34. The van der Waals surface area contributed by atoms with Crippen LogP contribution >= 0.6 is 0 Å². The molecule has 1 aromatic rings. The van der Waals surface area contributed by atoms with E-state index in [2.05, 4.69) is 10.1 Å². The number of carbonyl (C=O) groups excluding carboxylic acids is 2. The quantitative estimate of drug-likeness (QED) is 0.795. The largest absolute Gasteiger partial charge is 0.453 e. The highest BCUT2D eigenvalue weighted by Crippen LogP contribution is 2.19. The average molecular weight is 221 g/mol. The van der Waals surface area contributed by atoms with Crippen molar-refractivity contribution in [2.75, 3.05) is 12.4 Å². The molecule has 86 valence electrons. The van der Waals surface area contributed by atoms with Crippen molar-refractivity contribution in [3.8, 4) is 0 Å². The zero-order chi connectivity index (χ0) is 12.0. The number of methoxy groups -OCH3 is 1. The van der Waals surface area contributed by atoms with Gasteiger partial charge in [-0.3, -0.25) is 5.32 Å². The van der Waals surface area contributed by atoms with E-state index in [0.717, 1.165) is 11.8 Å². The van der Waals surface area contributed by atoms with Crippen molar-refractivity contribution in [2.45, 2.75) is 19.3 Å². The first-order valence-electron chi connectivity index (χ1n) is 5.06. The maximum absolute atomic E-state index is 10.9. The van der Waals surface area contributed by atoms with E-state index in [1.54, 1.807) is 12.1 Å². The number of anilines is 1. The Morgan fingerprint density at radius 1 is 1.44 bits per heavy atom. The minimum absolute atomic E-state index is 0.199. The summed E-state index contributed by atoms with van der Waals surface area (Å²) in [4.78, 5) is 21.3. The molecule has 1 aromatic carbocycles. The maximum Gasteiger partial charge on any atom is 0.411 e. The molecule has 0 bridgehead atoms. The maximum atomic E-state index is 10.9. The third kappa shape index (κ3) is 3.38. The van der Waals surface area contributed by atoms with E-state index in [0.29, 0.717) is 12.1 Å². The molecule has 0 heterocycles. The fourth-order valence-electron chi connectivity index (χ4n) is 1.34. The number of hydrogen-bond acceptors (Lipinski definition) is 3. The summed E-state index contributed by atoms with van der Waals surface area (Å²) < 4.78 is 4.47. The smallest absolute Gasteiger partial charge is 0.411 e. The molecule has 0 radical (unpaired) electrons. The Bertz CT molecular complexity index is 359. The third-order valence-electron chi connectivity index (χ3n) is 2.36. The van der Waals surface area contributed by atoms with E-state index in [-0.39, 0.29) is 5.92 Å². The van der Waals surface area contributed by atoms with Crippen LogP contribution in [0.3, 0.4) is 0 Å². The molecule has 4 nitrogen and oxygen atoms in total. The zero-order valence-corrected chi connectivity index (χ0v) is 9.40. The Morgan fingerprint density at radius 3 is 2.56 bits per heavy atom. The van der Waals surface area contributed by atoms with Crippen LogP contribution in [0.15, 0.2) is 24.3 Å². The second-order valence-corrected chi connectivity index (χ2v) is 3.54. The molecule has 1 unspecified atom stereocenters. The molecule has 0 aliphatic rings. The van der Waals surface area contributed by atoms with Gasteiger partial charge in [-0.25, -0.2) is 4.79 Å². The van der Waals surface area contributed by atoms with E-state index in [9.17, 15) is 9.59 Å². The Labute approximate surface area is 94.6 Å². The van der Waals surface area contributed by atoms with Gasteiger partial charge in [-0.05, 0) is 23.6 Å². The number of amides is 1. The summed E-state index contributed by atoms with van der Waals surface area (Å²) in [6, 6.07) is 7.35. The molecule has 0 saturated carbocycles. The highest BCUT2D eigenvalue weighted by molar-refractivity contribution is 5.84. The summed E-state index contributed by atoms with van der Waals surface area (Å²) >= 11 is 0. The highest BCUT2D eigenvalue weighted by Gasteiger charge is 2.05. The molecule has 0 aliphatic heterocycles. The van der Waals surface area contributed by atoms with Gasteiger partial charge in [0.2, 0.25) is 0 Å². The first-order valence-corrected chi connectivity index (χ1v) is 5.06. The van der Waals surface area contributed by atoms with Crippen LogP contribution in [0.4, 0.5) is 10.5 Å². The van der Waals surface area contributed by atoms with Crippen molar-refractivity contribution in [1.82, 2.24) is 0 Å². The van der Waals surface area contributed by atoms with Gasteiger partial charge in [-0.2, -0.15) is 0 Å². The molecule has 0 fully saturated rings. The van der Waals surface area contributed by atoms with Crippen LogP contribution in [0, 0.1) is 0 Å². The number of ether oxygens (including phenoxy) is 1. The molecule has 16 heavy (non-hydrogen) atoms. The molecule has 1 N–H and O–H groups in total. The summed E-state index contributed by atoms with van der Waals surface area (Å²) in [5.74, 6) is 0.199. The van der Waals surface area contributed by atoms with Crippen LogP contribution in [-0.4, -0.2) is 19.5 Å². The SMILES string of the molecule is COC(=O)Nc1ccc(C(C)CC=O)cc1. The number of rotatable bonds is 4. The second kappa shape index (κ2) is 5.90. The Kier molecular flexibility index (Phi) is 4.51. The minimum atomic E-state index is -0.492. The van der Waals surface area contributed by atoms with Gasteiger partial charge >= 0.3 is 6.09 Å². The molecule has 0 aliphatic carbocycles. The standard InChI is InChI=1S/C12H15NO3/c1-9(7-8-14)10-3-5-11(6-4-10)13-12(15)16-2/h3-6,8-9H,7H2,1-2H3,(H,13,15).